The molecule has 0 amide bonds. The van der Waals surface area contributed by atoms with E-state index in [1.165, 1.54) is 40.6 Å². The molecule has 1 aromatic carbocycles. The Morgan fingerprint density at radius 3 is 2.72 bits per heavy atom. The summed E-state index contributed by atoms with van der Waals surface area (Å²) in [5.74, 6) is 0.519. The van der Waals surface area contributed by atoms with Crippen LogP contribution in [0.5, 0.6) is 0 Å². The SMILES string of the molecule is CC(C)c1ccc2c(Cc3cccc(C#N)n3)c(C3(C)CC3)[nH]c2c1. The Bertz CT molecular complexity index is 984. The first kappa shape index (κ1) is 15.9. The Balaban J connectivity index is 1.84. The highest BCUT2D eigenvalue weighted by atomic mass is 14.8. The molecule has 3 nitrogen and oxygen atoms in total. The molecule has 1 aliphatic rings. The zero-order chi connectivity index (χ0) is 17.6. The number of aromatic nitrogens is 2. The minimum atomic E-state index is 0.263. The minimum Gasteiger partial charge on any atom is -0.358 e. The second-order valence-corrected chi connectivity index (χ2v) is 7.80. The third kappa shape index (κ3) is 2.82. The number of H-pyrrole nitrogens is 1. The summed E-state index contributed by atoms with van der Waals surface area (Å²) < 4.78 is 0. The fraction of sp³-hybridized carbons (Fsp3) is 0.364. The molecule has 126 valence electrons. The number of rotatable bonds is 4. The number of hydrogen-bond donors (Lipinski definition) is 1. The van der Waals surface area contributed by atoms with Crippen molar-refractivity contribution in [3.8, 4) is 6.07 Å². The summed E-state index contributed by atoms with van der Waals surface area (Å²) in [4.78, 5) is 8.21. The molecule has 1 N–H and O–H groups in total. The van der Waals surface area contributed by atoms with Crippen LogP contribution < -0.4 is 0 Å². The molecule has 4 rings (SSSR count). The van der Waals surface area contributed by atoms with Gasteiger partial charge in [0.05, 0.1) is 0 Å². The number of pyridine rings is 1. The molecule has 0 radical (unpaired) electrons. The van der Waals surface area contributed by atoms with Crippen LogP contribution in [0.25, 0.3) is 10.9 Å². The van der Waals surface area contributed by atoms with Gasteiger partial charge in [-0.1, -0.05) is 39.0 Å². The summed E-state index contributed by atoms with van der Waals surface area (Å²) in [5, 5.41) is 10.4. The molecule has 0 bridgehead atoms. The third-order valence-electron chi connectivity index (χ3n) is 5.48. The van der Waals surface area contributed by atoms with Crippen LogP contribution in [-0.4, -0.2) is 9.97 Å². The first-order valence-corrected chi connectivity index (χ1v) is 9.01. The normalized spacial score (nSPS) is 15.5. The van der Waals surface area contributed by atoms with Crippen molar-refractivity contribution >= 4 is 10.9 Å². The summed E-state index contributed by atoms with van der Waals surface area (Å²) >= 11 is 0. The van der Waals surface area contributed by atoms with E-state index in [9.17, 15) is 0 Å². The molecule has 3 heteroatoms. The summed E-state index contributed by atoms with van der Waals surface area (Å²) in [7, 11) is 0. The molecule has 1 saturated carbocycles. The second kappa shape index (κ2) is 5.74. The van der Waals surface area contributed by atoms with E-state index in [2.05, 4.69) is 55.0 Å². The highest BCUT2D eigenvalue weighted by molar-refractivity contribution is 5.86. The maximum Gasteiger partial charge on any atom is 0.140 e. The van der Waals surface area contributed by atoms with Gasteiger partial charge in [-0.15, -0.1) is 0 Å². The van der Waals surface area contributed by atoms with Gasteiger partial charge >= 0.3 is 0 Å². The lowest BCUT2D eigenvalue weighted by atomic mass is 9.95. The summed E-state index contributed by atoms with van der Waals surface area (Å²) in [5.41, 5.74) is 6.98. The zero-order valence-corrected chi connectivity index (χ0v) is 15.1. The lowest BCUT2D eigenvalue weighted by Gasteiger charge is -2.10. The number of nitrogens with zero attached hydrogens (tertiary/aromatic N) is 2. The van der Waals surface area contributed by atoms with Crippen LogP contribution in [-0.2, 0) is 11.8 Å². The van der Waals surface area contributed by atoms with Crippen molar-refractivity contribution in [2.24, 2.45) is 0 Å². The first-order valence-electron chi connectivity index (χ1n) is 9.01. The molecule has 1 fully saturated rings. The molecule has 25 heavy (non-hydrogen) atoms. The molecule has 1 aliphatic carbocycles. The molecule has 0 saturated heterocycles. The van der Waals surface area contributed by atoms with Gasteiger partial charge in [-0.3, -0.25) is 0 Å². The number of nitriles is 1. The van der Waals surface area contributed by atoms with Crippen molar-refractivity contribution in [1.82, 2.24) is 9.97 Å². The average molecular weight is 329 g/mol. The van der Waals surface area contributed by atoms with Gasteiger partial charge in [-0.25, -0.2) is 4.98 Å². The van der Waals surface area contributed by atoms with Crippen molar-refractivity contribution in [1.29, 1.82) is 5.26 Å². The number of benzene rings is 1. The van der Waals surface area contributed by atoms with Crippen molar-refractivity contribution in [2.45, 2.75) is 51.4 Å². The van der Waals surface area contributed by atoms with Crippen LogP contribution in [0.2, 0.25) is 0 Å². The maximum atomic E-state index is 9.12. The highest BCUT2D eigenvalue weighted by Crippen LogP contribution is 2.50. The Kier molecular flexibility index (Phi) is 3.65. The van der Waals surface area contributed by atoms with E-state index < -0.39 is 0 Å². The monoisotopic (exact) mass is 329 g/mol. The van der Waals surface area contributed by atoms with E-state index in [-0.39, 0.29) is 5.41 Å². The second-order valence-electron chi connectivity index (χ2n) is 7.80. The van der Waals surface area contributed by atoms with Crippen LogP contribution in [0.1, 0.15) is 67.7 Å². The summed E-state index contributed by atoms with van der Waals surface area (Å²) in [6, 6.07) is 14.6. The number of aromatic amines is 1. The molecule has 0 aliphatic heterocycles. The Morgan fingerprint density at radius 1 is 1.24 bits per heavy atom. The lowest BCUT2D eigenvalue weighted by molar-refractivity contribution is 0.747. The highest BCUT2D eigenvalue weighted by Gasteiger charge is 2.42. The average Bonchev–Trinajstić information content (AvgIpc) is 3.26. The van der Waals surface area contributed by atoms with Crippen LogP contribution in [0, 0.1) is 11.3 Å². The molecule has 2 aromatic heterocycles. The van der Waals surface area contributed by atoms with Crippen LogP contribution in [0.3, 0.4) is 0 Å². The van der Waals surface area contributed by atoms with Gasteiger partial charge in [0.1, 0.15) is 11.8 Å². The molecular weight excluding hydrogens is 306 g/mol. The first-order chi connectivity index (χ1) is 12.0. The van der Waals surface area contributed by atoms with Crippen LogP contribution in [0.15, 0.2) is 36.4 Å². The van der Waals surface area contributed by atoms with Crippen molar-refractivity contribution in [3.05, 3.63) is 64.6 Å². The molecule has 0 unspecified atom stereocenters. The van der Waals surface area contributed by atoms with Gasteiger partial charge in [-0.2, -0.15) is 5.26 Å². The Labute approximate surface area is 148 Å². The zero-order valence-electron chi connectivity index (χ0n) is 15.1. The van der Waals surface area contributed by atoms with E-state index in [4.69, 9.17) is 5.26 Å². The maximum absolute atomic E-state index is 9.12. The van der Waals surface area contributed by atoms with Gasteiger partial charge in [0.15, 0.2) is 0 Å². The predicted molar refractivity (Wildman–Crippen MR) is 101 cm³/mol. The smallest absolute Gasteiger partial charge is 0.140 e. The van der Waals surface area contributed by atoms with Crippen molar-refractivity contribution in [3.63, 3.8) is 0 Å². The van der Waals surface area contributed by atoms with Crippen LogP contribution in [0.4, 0.5) is 0 Å². The number of nitrogens with one attached hydrogen (secondary N) is 1. The van der Waals surface area contributed by atoms with Gasteiger partial charge in [0.2, 0.25) is 0 Å². The lowest BCUT2D eigenvalue weighted by Crippen LogP contribution is -2.05. The molecule has 0 spiro atoms. The fourth-order valence-corrected chi connectivity index (χ4v) is 3.59. The largest absolute Gasteiger partial charge is 0.358 e. The molecule has 2 heterocycles. The summed E-state index contributed by atoms with van der Waals surface area (Å²) in [6.07, 6.45) is 3.23. The van der Waals surface area contributed by atoms with E-state index in [0.717, 1.165) is 12.1 Å². The molecular formula is C22H23N3. The quantitative estimate of drug-likeness (QED) is 0.715. The molecule has 0 atom stereocenters. The van der Waals surface area contributed by atoms with Crippen molar-refractivity contribution in [2.75, 3.05) is 0 Å². The topological polar surface area (TPSA) is 52.5 Å². The molecule has 3 aromatic rings. The standard InChI is InChI=1S/C22H23N3/c1-14(2)15-7-8-18-19(12-16-5-4-6-17(13-23)24-16)21(22(3)9-10-22)25-20(18)11-15/h4-8,11,14,25H,9-10,12H2,1-3H3. The van der Waals surface area contributed by atoms with Gasteiger partial charge < -0.3 is 4.98 Å². The predicted octanol–water partition coefficient (Wildman–Crippen LogP) is 5.20. The number of hydrogen-bond acceptors (Lipinski definition) is 2. The Morgan fingerprint density at radius 2 is 2.04 bits per heavy atom. The van der Waals surface area contributed by atoms with E-state index >= 15 is 0 Å². The van der Waals surface area contributed by atoms with Gasteiger partial charge in [0.25, 0.3) is 0 Å². The van der Waals surface area contributed by atoms with Crippen LogP contribution >= 0.6 is 0 Å². The summed E-state index contributed by atoms with van der Waals surface area (Å²) in [6.45, 7) is 6.79. The van der Waals surface area contributed by atoms with E-state index in [1.54, 1.807) is 6.07 Å². The van der Waals surface area contributed by atoms with Gasteiger partial charge in [-0.05, 0) is 48.1 Å². The minimum absolute atomic E-state index is 0.263. The van der Waals surface area contributed by atoms with Crippen molar-refractivity contribution < 1.29 is 0 Å². The fourth-order valence-electron chi connectivity index (χ4n) is 3.59. The third-order valence-corrected chi connectivity index (χ3v) is 5.48. The Hall–Kier alpha value is -2.60. The van der Waals surface area contributed by atoms with Gasteiger partial charge in [0, 0.05) is 34.1 Å². The van der Waals surface area contributed by atoms with E-state index in [1.807, 2.05) is 12.1 Å². The number of fused-ring (bicyclic) bond motifs is 1. The van der Waals surface area contributed by atoms with E-state index in [0.29, 0.717) is 11.6 Å².